The second kappa shape index (κ2) is 7.87. The second-order valence-corrected chi connectivity index (χ2v) is 8.55. The van der Waals surface area contributed by atoms with Crippen LogP contribution in [0.5, 0.6) is 0 Å². The molecule has 3 N–H and O–H groups in total. The predicted octanol–water partition coefficient (Wildman–Crippen LogP) is 4.39. The average Bonchev–Trinajstić information content (AvgIpc) is 3.46. The van der Waals surface area contributed by atoms with Crippen molar-refractivity contribution >= 4 is 40.1 Å². The molecule has 162 valence electrons. The highest BCUT2D eigenvalue weighted by atomic mass is 35.5. The molecule has 9 heteroatoms. The molecule has 1 fully saturated rings. The highest BCUT2D eigenvalue weighted by Gasteiger charge is 2.30. The molecule has 0 aromatic carbocycles. The largest absolute Gasteiger partial charge is 0.339 e. The molecule has 1 amide bonds. The van der Waals surface area contributed by atoms with Crippen molar-refractivity contribution in [3.63, 3.8) is 0 Å². The fourth-order valence-corrected chi connectivity index (χ4v) is 3.89. The lowest BCUT2D eigenvalue weighted by atomic mass is 10.0. The van der Waals surface area contributed by atoms with Gasteiger partial charge in [-0.15, -0.1) is 0 Å². The number of amides is 1. The number of carbonyl (C=O) groups excluding carboxylic acids is 2. The van der Waals surface area contributed by atoms with Crippen molar-refractivity contribution in [3.8, 4) is 11.3 Å². The van der Waals surface area contributed by atoms with Gasteiger partial charge in [0.1, 0.15) is 11.3 Å². The molecule has 8 nitrogen and oxygen atoms in total. The normalized spacial score (nSPS) is 13.5. The predicted molar refractivity (Wildman–Crippen MR) is 122 cm³/mol. The number of fused-ring (bicyclic) bond motifs is 1. The van der Waals surface area contributed by atoms with E-state index in [0.717, 1.165) is 40.7 Å². The summed E-state index contributed by atoms with van der Waals surface area (Å²) in [6.45, 7) is 3.77. The van der Waals surface area contributed by atoms with Gasteiger partial charge < -0.3 is 10.3 Å². The van der Waals surface area contributed by atoms with Crippen LogP contribution < -0.4 is 5.32 Å². The van der Waals surface area contributed by atoms with Crippen LogP contribution >= 0.6 is 11.6 Å². The molecule has 1 aliphatic rings. The third-order valence-electron chi connectivity index (χ3n) is 5.78. The summed E-state index contributed by atoms with van der Waals surface area (Å²) in [5, 5.41) is 11.0. The maximum Gasteiger partial charge on any atom is 0.228 e. The van der Waals surface area contributed by atoms with E-state index in [9.17, 15) is 9.59 Å². The van der Waals surface area contributed by atoms with Crippen LogP contribution in [0.1, 0.15) is 40.2 Å². The standard InChI is InChI=1S/C23H21ClN6O2/c1-11-12(2)29-30-20(11)18(31)8-13-7-15-9-17(27-21(15)26-10-13)16-5-6-25-22(19(16)24)28-23(32)14-3-4-14/h5-7,9-10,14H,3-4,8H2,1-2H3,(H,26,27)(H,29,30)(H,25,28,32). The summed E-state index contributed by atoms with van der Waals surface area (Å²) in [6.07, 6.45) is 5.32. The zero-order valence-corrected chi connectivity index (χ0v) is 18.4. The van der Waals surface area contributed by atoms with Gasteiger partial charge >= 0.3 is 0 Å². The first-order chi connectivity index (χ1) is 15.4. The van der Waals surface area contributed by atoms with Crippen LogP contribution in [0.25, 0.3) is 22.3 Å². The molecule has 0 radical (unpaired) electrons. The maximum atomic E-state index is 12.7. The van der Waals surface area contributed by atoms with Gasteiger partial charge in [0, 0.05) is 52.6 Å². The number of aromatic amines is 2. The summed E-state index contributed by atoms with van der Waals surface area (Å²) in [4.78, 5) is 36.7. The number of nitrogens with zero attached hydrogens (tertiary/aromatic N) is 3. The molecule has 1 aliphatic carbocycles. The molecule has 4 heterocycles. The highest BCUT2D eigenvalue weighted by molar-refractivity contribution is 6.36. The van der Waals surface area contributed by atoms with Crippen LogP contribution in [0.3, 0.4) is 0 Å². The molecule has 1 saturated carbocycles. The lowest BCUT2D eigenvalue weighted by Crippen LogP contribution is -2.14. The van der Waals surface area contributed by atoms with Crippen LogP contribution in [0.2, 0.25) is 5.02 Å². The zero-order chi connectivity index (χ0) is 22.4. The molecule has 5 rings (SSSR count). The van der Waals surface area contributed by atoms with Gasteiger partial charge in [0.05, 0.1) is 5.02 Å². The van der Waals surface area contributed by atoms with Gasteiger partial charge in [0.2, 0.25) is 5.91 Å². The molecule has 4 aromatic heterocycles. The summed E-state index contributed by atoms with van der Waals surface area (Å²) in [7, 11) is 0. The van der Waals surface area contributed by atoms with Crippen molar-refractivity contribution in [3.05, 3.63) is 58.1 Å². The number of rotatable bonds is 6. The Morgan fingerprint density at radius 3 is 2.75 bits per heavy atom. The minimum atomic E-state index is -0.0583. The smallest absolute Gasteiger partial charge is 0.228 e. The molecule has 4 aromatic rings. The maximum absolute atomic E-state index is 12.7. The number of hydrogen-bond acceptors (Lipinski definition) is 5. The Balaban J connectivity index is 1.41. The Hall–Kier alpha value is -3.52. The number of Topliss-reactive ketones (excluding diaryl/α,β-unsaturated/α-hetero) is 1. The van der Waals surface area contributed by atoms with Crippen LogP contribution in [0.15, 0.2) is 30.6 Å². The lowest BCUT2D eigenvalue weighted by molar-refractivity contribution is -0.117. The molecule has 0 atom stereocenters. The first-order valence-electron chi connectivity index (χ1n) is 10.4. The Bertz CT molecular complexity index is 1370. The second-order valence-electron chi connectivity index (χ2n) is 8.17. The summed E-state index contributed by atoms with van der Waals surface area (Å²) in [5.41, 5.74) is 5.16. The van der Waals surface area contributed by atoms with Crippen LogP contribution in [-0.2, 0) is 11.2 Å². The van der Waals surface area contributed by atoms with Crippen LogP contribution in [-0.4, -0.2) is 36.8 Å². The molecule has 0 bridgehead atoms. The van der Waals surface area contributed by atoms with Gasteiger partial charge in [0.15, 0.2) is 11.6 Å². The van der Waals surface area contributed by atoms with Gasteiger partial charge in [-0.1, -0.05) is 11.6 Å². The van der Waals surface area contributed by atoms with Crippen molar-refractivity contribution in [2.24, 2.45) is 5.92 Å². The summed E-state index contributed by atoms with van der Waals surface area (Å²) < 4.78 is 0. The Kier molecular flexibility index (Phi) is 5.01. The summed E-state index contributed by atoms with van der Waals surface area (Å²) in [6, 6.07) is 5.64. The highest BCUT2D eigenvalue weighted by Crippen LogP contribution is 2.35. The number of carbonyl (C=O) groups is 2. The topological polar surface area (TPSA) is 116 Å². The van der Waals surface area contributed by atoms with E-state index in [1.807, 2.05) is 26.0 Å². The first-order valence-corrected chi connectivity index (χ1v) is 10.8. The number of pyridine rings is 2. The molecule has 0 unspecified atom stereocenters. The van der Waals surface area contributed by atoms with E-state index in [2.05, 4.69) is 30.5 Å². The van der Waals surface area contributed by atoms with Crippen LogP contribution in [0, 0.1) is 19.8 Å². The SMILES string of the molecule is Cc1[nH]nc(C(=O)Cc2cnc3[nH]c(-c4ccnc(NC(=O)C5CC5)c4Cl)cc3c2)c1C. The molecular formula is C23H21ClN6O2. The Morgan fingerprint density at radius 2 is 2.03 bits per heavy atom. The molecule has 0 saturated heterocycles. The summed E-state index contributed by atoms with van der Waals surface area (Å²) >= 11 is 6.55. The van der Waals surface area contributed by atoms with Gasteiger partial charge in [0.25, 0.3) is 0 Å². The minimum absolute atomic E-state index is 0.0495. The van der Waals surface area contributed by atoms with Gasteiger partial charge in [-0.2, -0.15) is 5.10 Å². The third kappa shape index (κ3) is 3.78. The van der Waals surface area contributed by atoms with E-state index in [0.29, 0.717) is 27.7 Å². The molecule has 0 spiro atoms. The Labute approximate surface area is 188 Å². The van der Waals surface area contributed by atoms with Crippen molar-refractivity contribution in [1.29, 1.82) is 0 Å². The van der Waals surface area contributed by atoms with Crippen LogP contribution in [0.4, 0.5) is 5.82 Å². The Morgan fingerprint density at radius 1 is 1.22 bits per heavy atom. The van der Waals surface area contributed by atoms with Crippen molar-refractivity contribution < 1.29 is 9.59 Å². The van der Waals surface area contributed by atoms with Crippen molar-refractivity contribution in [2.75, 3.05) is 5.32 Å². The zero-order valence-electron chi connectivity index (χ0n) is 17.6. The van der Waals surface area contributed by atoms with Gasteiger partial charge in [-0.05, 0) is 50.5 Å². The lowest BCUT2D eigenvalue weighted by Gasteiger charge is -2.08. The fourth-order valence-electron chi connectivity index (χ4n) is 3.63. The average molecular weight is 449 g/mol. The first kappa shape index (κ1) is 20.4. The fraction of sp³-hybridized carbons (Fsp3) is 0.261. The van der Waals surface area contributed by atoms with E-state index in [-0.39, 0.29) is 24.0 Å². The van der Waals surface area contributed by atoms with E-state index < -0.39 is 0 Å². The summed E-state index contributed by atoms with van der Waals surface area (Å²) in [5.74, 6) is 0.302. The van der Waals surface area contributed by atoms with E-state index in [1.165, 1.54) is 0 Å². The number of ketones is 1. The van der Waals surface area contributed by atoms with Crippen molar-refractivity contribution in [2.45, 2.75) is 33.1 Å². The minimum Gasteiger partial charge on any atom is -0.339 e. The molecule has 0 aliphatic heterocycles. The quantitative estimate of drug-likeness (QED) is 0.378. The number of anilines is 1. The number of aryl methyl sites for hydroxylation is 1. The number of H-pyrrole nitrogens is 2. The molecule has 32 heavy (non-hydrogen) atoms. The third-order valence-corrected chi connectivity index (χ3v) is 6.16. The monoisotopic (exact) mass is 448 g/mol. The van der Waals surface area contributed by atoms with E-state index in [4.69, 9.17) is 11.6 Å². The van der Waals surface area contributed by atoms with Gasteiger partial charge in [-0.25, -0.2) is 9.97 Å². The molecular weight excluding hydrogens is 428 g/mol. The number of aromatic nitrogens is 5. The number of halogens is 1. The van der Waals surface area contributed by atoms with E-state index >= 15 is 0 Å². The van der Waals surface area contributed by atoms with Gasteiger partial charge in [-0.3, -0.25) is 14.7 Å². The number of nitrogens with one attached hydrogen (secondary N) is 3. The van der Waals surface area contributed by atoms with E-state index in [1.54, 1.807) is 18.5 Å². The number of hydrogen-bond donors (Lipinski definition) is 3. The van der Waals surface area contributed by atoms with Crippen molar-refractivity contribution in [1.82, 2.24) is 25.1 Å².